The Morgan fingerprint density at radius 3 is 2.49 bits per heavy atom. The van der Waals surface area contributed by atoms with Crippen molar-refractivity contribution in [2.24, 2.45) is 7.05 Å². The second-order valence-corrected chi connectivity index (χ2v) is 9.93. The number of carbonyl (C=O) groups is 2. The summed E-state index contributed by atoms with van der Waals surface area (Å²) in [4.78, 5) is 27.6. The van der Waals surface area contributed by atoms with Gasteiger partial charge in [0.1, 0.15) is 5.82 Å². The van der Waals surface area contributed by atoms with Gasteiger partial charge in [0.05, 0.1) is 24.5 Å². The molecule has 2 aliphatic rings. The first-order valence-electron chi connectivity index (χ1n) is 12.9. The fraction of sp³-hybridized carbons (Fsp3) is 0.462. The average Bonchev–Trinajstić information content (AvgIpc) is 3.52. The molecule has 39 heavy (non-hydrogen) atoms. The van der Waals surface area contributed by atoms with Crippen molar-refractivity contribution in [3.05, 3.63) is 47.2 Å². The lowest BCUT2D eigenvalue weighted by Crippen LogP contribution is -2.42. The van der Waals surface area contributed by atoms with Crippen molar-refractivity contribution in [3.8, 4) is 11.1 Å². The van der Waals surface area contributed by atoms with Gasteiger partial charge in [0.25, 0.3) is 6.43 Å². The number of likely N-dealkylation sites (tertiary alicyclic amines) is 1. The number of hydrogen-bond acceptors (Lipinski definition) is 5. The predicted octanol–water partition coefficient (Wildman–Crippen LogP) is 3.98. The van der Waals surface area contributed by atoms with E-state index in [9.17, 15) is 18.4 Å². The Bertz CT molecular complexity index is 1390. The van der Waals surface area contributed by atoms with E-state index >= 15 is 4.39 Å². The minimum absolute atomic E-state index is 0.0193. The van der Waals surface area contributed by atoms with Gasteiger partial charge in [-0.1, -0.05) is 0 Å². The number of hydrogen-bond donors (Lipinski definition) is 2. The van der Waals surface area contributed by atoms with Crippen LogP contribution in [0.2, 0.25) is 0 Å². The number of urea groups is 1. The number of alkyl halides is 2. The van der Waals surface area contributed by atoms with Crippen molar-refractivity contribution < 1.29 is 22.8 Å². The van der Waals surface area contributed by atoms with Crippen LogP contribution in [0, 0.1) is 5.82 Å². The van der Waals surface area contributed by atoms with E-state index in [0.29, 0.717) is 55.8 Å². The molecule has 2 N–H and O–H groups in total. The van der Waals surface area contributed by atoms with Crippen molar-refractivity contribution in [2.75, 3.05) is 32.0 Å². The third kappa shape index (κ3) is 5.17. The summed E-state index contributed by atoms with van der Waals surface area (Å²) >= 11 is 0. The highest BCUT2D eigenvalue weighted by Crippen LogP contribution is 2.38. The molecule has 1 aromatic carbocycles. The van der Waals surface area contributed by atoms with Gasteiger partial charge in [-0.3, -0.25) is 14.2 Å². The number of carbonyl (C=O) groups excluding carboxylic acids is 2. The van der Waals surface area contributed by atoms with Crippen LogP contribution in [-0.4, -0.2) is 68.0 Å². The molecule has 0 atom stereocenters. The van der Waals surface area contributed by atoms with Crippen molar-refractivity contribution >= 4 is 23.4 Å². The van der Waals surface area contributed by atoms with E-state index < -0.39 is 12.2 Å². The number of benzene rings is 1. The number of nitrogens with one attached hydrogen (secondary N) is 2. The van der Waals surface area contributed by atoms with Crippen LogP contribution < -0.4 is 10.6 Å². The highest BCUT2D eigenvalue weighted by atomic mass is 19.3. The fourth-order valence-corrected chi connectivity index (χ4v) is 5.41. The molecule has 2 aromatic heterocycles. The zero-order valence-electron chi connectivity index (χ0n) is 22.0. The average molecular weight is 545 g/mol. The fourth-order valence-electron chi connectivity index (χ4n) is 5.41. The molecule has 10 nitrogen and oxygen atoms in total. The summed E-state index contributed by atoms with van der Waals surface area (Å²) in [6.07, 6.45) is 2.07. The number of anilines is 2. The molecular weight excluding hydrogens is 513 g/mol. The van der Waals surface area contributed by atoms with Crippen LogP contribution in [0.5, 0.6) is 0 Å². The summed E-state index contributed by atoms with van der Waals surface area (Å²) in [6.45, 7) is 3.47. The topological polar surface area (TPSA) is 100 Å². The highest BCUT2D eigenvalue weighted by Gasteiger charge is 2.32. The number of nitrogens with zero attached hydrogens (tertiary/aromatic N) is 6. The SMILES string of the molecule is CNC(=O)N1CCc2c(c(Nc3cc(C(F)F)c(-c4cnn(C)c4)cc3F)nn2C2CCN(C(C)=O)CC2)C1. The smallest absolute Gasteiger partial charge is 0.317 e. The number of halogens is 3. The molecule has 0 bridgehead atoms. The van der Waals surface area contributed by atoms with Gasteiger partial charge < -0.3 is 20.4 Å². The van der Waals surface area contributed by atoms with Crippen molar-refractivity contribution in [2.45, 2.75) is 45.2 Å². The van der Waals surface area contributed by atoms with Crippen molar-refractivity contribution in [1.29, 1.82) is 0 Å². The van der Waals surface area contributed by atoms with Gasteiger partial charge in [-0.05, 0) is 30.5 Å². The molecule has 0 aliphatic carbocycles. The first kappa shape index (κ1) is 26.6. The molecule has 0 spiro atoms. The number of fused-ring (bicyclic) bond motifs is 1. The normalized spacial score (nSPS) is 16.0. The standard InChI is InChI=1S/C26H31F3N8O2/c1-15(38)35-7-4-17(5-8-35)37-23-6-9-36(26(39)30-2)14-20(23)25(33-37)32-22-11-19(24(28)29)18(10-21(22)27)16-12-31-34(3)13-16/h10-13,17,24H,4-9,14H2,1-3H3,(H,30,39)(H,32,33). The Morgan fingerprint density at radius 2 is 1.87 bits per heavy atom. The number of rotatable bonds is 5. The molecule has 2 aliphatic heterocycles. The summed E-state index contributed by atoms with van der Waals surface area (Å²) in [5, 5.41) is 14.4. The molecule has 5 rings (SSSR count). The van der Waals surface area contributed by atoms with Crippen LogP contribution in [0.15, 0.2) is 24.5 Å². The van der Waals surface area contributed by atoms with E-state index in [1.54, 1.807) is 37.0 Å². The number of piperidine rings is 1. The molecular formula is C26H31F3N8O2. The first-order chi connectivity index (χ1) is 18.7. The van der Waals surface area contributed by atoms with Crippen LogP contribution in [-0.2, 0) is 24.8 Å². The van der Waals surface area contributed by atoms with Gasteiger partial charge in [-0.25, -0.2) is 18.0 Å². The molecule has 0 unspecified atom stereocenters. The zero-order chi connectivity index (χ0) is 27.8. The van der Waals surface area contributed by atoms with Gasteiger partial charge in [-0.2, -0.15) is 10.2 Å². The lowest BCUT2D eigenvalue weighted by atomic mass is 10.0. The largest absolute Gasteiger partial charge is 0.343 e. The Balaban J connectivity index is 1.51. The van der Waals surface area contributed by atoms with E-state index in [2.05, 4.69) is 15.7 Å². The molecule has 3 aromatic rings. The lowest BCUT2D eigenvalue weighted by Gasteiger charge is -2.33. The van der Waals surface area contributed by atoms with Gasteiger partial charge in [0.15, 0.2) is 5.82 Å². The molecule has 1 fully saturated rings. The number of aryl methyl sites for hydroxylation is 1. The van der Waals surface area contributed by atoms with Crippen LogP contribution in [0.1, 0.15) is 49.1 Å². The minimum Gasteiger partial charge on any atom is -0.343 e. The van der Waals surface area contributed by atoms with Gasteiger partial charge in [0, 0.05) is 75.7 Å². The maximum atomic E-state index is 15.4. The van der Waals surface area contributed by atoms with Crippen LogP contribution in [0.3, 0.4) is 0 Å². The molecule has 1 saturated heterocycles. The number of amides is 3. The third-order valence-electron chi connectivity index (χ3n) is 7.49. The molecule has 208 valence electrons. The Hall–Kier alpha value is -4.03. The Labute approximate surface area is 223 Å². The van der Waals surface area contributed by atoms with Gasteiger partial charge >= 0.3 is 6.03 Å². The lowest BCUT2D eigenvalue weighted by molar-refractivity contribution is -0.130. The Kier molecular flexibility index (Phi) is 7.23. The first-order valence-corrected chi connectivity index (χ1v) is 12.9. The Morgan fingerprint density at radius 1 is 1.13 bits per heavy atom. The van der Waals surface area contributed by atoms with Crippen LogP contribution >= 0.6 is 0 Å². The zero-order valence-corrected chi connectivity index (χ0v) is 22.0. The van der Waals surface area contributed by atoms with Crippen molar-refractivity contribution in [1.82, 2.24) is 34.7 Å². The van der Waals surface area contributed by atoms with Gasteiger partial charge in [-0.15, -0.1) is 0 Å². The van der Waals surface area contributed by atoms with E-state index in [1.165, 1.54) is 10.9 Å². The third-order valence-corrected chi connectivity index (χ3v) is 7.49. The summed E-state index contributed by atoms with van der Waals surface area (Å²) in [5.41, 5.74) is 1.63. The second-order valence-electron chi connectivity index (χ2n) is 9.93. The van der Waals surface area contributed by atoms with Crippen LogP contribution in [0.4, 0.5) is 29.5 Å². The second kappa shape index (κ2) is 10.6. The van der Waals surface area contributed by atoms with E-state index in [-0.39, 0.29) is 41.3 Å². The summed E-state index contributed by atoms with van der Waals surface area (Å²) < 4.78 is 46.9. The monoisotopic (exact) mass is 544 g/mol. The molecule has 0 saturated carbocycles. The van der Waals surface area contributed by atoms with E-state index in [0.717, 1.165) is 17.8 Å². The molecule has 0 radical (unpaired) electrons. The van der Waals surface area contributed by atoms with E-state index in [1.807, 2.05) is 4.68 Å². The maximum absolute atomic E-state index is 15.4. The molecule has 4 heterocycles. The van der Waals surface area contributed by atoms with Crippen LogP contribution in [0.25, 0.3) is 11.1 Å². The predicted molar refractivity (Wildman–Crippen MR) is 138 cm³/mol. The molecule has 13 heteroatoms. The van der Waals surface area contributed by atoms with Gasteiger partial charge in [0.2, 0.25) is 5.91 Å². The minimum atomic E-state index is -2.84. The summed E-state index contributed by atoms with van der Waals surface area (Å²) in [7, 11) is 3.21. The van der Waals surface area contributed by atoms with Crippen molar-refractivity contribution in [3.63, 3.8) is 0 Å². The maximum Gasteiger partial charge on any atom is 0.317 e. The van der Waals surface area contributed by atoms with E-state index in [4.69, 9.17) is 5.10 Å². The molecule has 3 amide bonds. The summed E-state index contributed by atoms with van der Waals surface area (Å²) in [6, 6.07) is 1.96. The highest BCUT2D eigenvalue weighted by molar-refractivity contribution is 5.76. The number of aromatic nitrogens is 4. The quantitative estimate of drug-likeness (QED) is 0.506. The summed E-state index contributed by atoms with van der Waals surface area (Å²) in [5.74, 6) is -0.365.